The minimum absolute atomic E-state index is 0.626. The number of rotatable bonds is 4. The molecular weight excluding hydrogens is 242 g/mol. The van der Waals surface area contributed by atoms with E-state index < -0.39 is 0 Å². The van der Waals surface area contributed by atoms with Crippen molar-refractivity contribution in [2.24, 2.45) is 11.8 Å². The van der Waals surface area contributed by atoms with Crippen LogP contribution in [0.3, 0.4) is 0 Å². The summed E-state index contributed by atoms with van der Waals surface area (Å²) in [7, 11) is 0. The first kappa shape index (κ1) is 15.6. The SMILES string of the molecule is Cc1ccc(C(C)C)cc1CN1CCC(C(C)C)CC1. The van der Waals surface area contributed by atoms with Gasteiger partial charge in [0.2, 0.25) is 0 Å². The van der Waals surface area contributed by atoms with Crippen molar-refractivity contribution in [3.63, 3.8) is 0 Å². The molecule has 1 saturated heterocycles. The molecule has 0 atom stereocenters. The lowest BCUT2D eigenvalue weighted by Gasteiger charge is -2.34. The molecule has 0 aliphatic carbocycles. The van der Waals surface area contributed by atoms with Gasteiger partial charge in [-0.05, 0) is 67.3 Å². The summed E-state index contributed by atoms with van der Waals surface area (Å²) in [5.74, 6) is 2.42. The average Bonchev–Trinajstić information content (AvgIpc) is 2.41. The molecule has 1 aromatic rings. The quantitative estimate of drug-likeness (QED) is 0.747. The molecule has 1 heteroatoms. The number of piperidine rings is 1. The molecule has 0 unspecified atom stereocenters. The van der Waals surface area contributed by atoms with E-state index >= 15 is 0 Å². The zero-order valence-corrected chi connectivity index (χ0v) is 13.9. The Bertz CT molecular complexity index is 425. The standard InChI is InChI=1S/C19H31N/c1-14(2)17-8-10-20(11-9-17)13-19-12-18(15(3)4)7-6-16(19)5/h6-7,12,14-15,17H,8-11,13H2,1-5H3. The molecule has 1 fully saturated rings. The van der Waals surface area contributed by atoms with Crippen LogP contribution < -0.4 is 0 Å². The summed E-state index contributed by atoms with van der Waals surface area (Å²) >= 11 is 0. The molecule has 0 aromatic heterocycles. The maximum atomic E-state index is 2.64. The minimum Gasteiger partial charge on any atom is -0.299 e. The molecule has 1 aliphatic rings. The highest BCUT2D eigenvalue weighted by atomic mass is 15.1. The van der Waals surface area contributed by atoms with Crippen LogP contribution in [-0.2, 0) is 6.54 Å². The second kappa shape index (κ2) is 6.76. The van der Waals surface area contributed by atoms with E-state index in [1.165, 1.54) is 42.6 Å². The molecule has 1 nitrogen and oxygen atoms in total. The molecule has 0 N–H and O–H groups in total. The number of benzene rings is 1. The van der Waals surface area contributed by atoms with Crippen LogP contribution in [0.5, 0.6) is 0 Å². The Labute approximate surface area is 125 Å². The number of hydrogen-bond donors (Lipinski definition) is 0. The summed E-state index contributed by atoms with van der Waals surface area (Å²) < 4.78 is 0. The van der Waals surface area contributed by atoms with E-state index in [1.54, 1.807) is 0 Å². The second-order valence-corrected chi connectivity index (χ2v) is 7.20. The Morgan fingerprint density at radius 2 is 1.75 bits per heavy atom. The number of likely N-dealkylation sites (tertiary alicyclic amines) is 1. The van der Waals surface area contributed by atoms with Crippen molar-refractivity contribution >= 4 is 0 Å². The van der Waals surface area contributed by atoms with Crippen molar-refractivity contribution in [2.45, 2.75) is 59.9 Å². The van der Waals surface area contributed by atoms with E-state index in [2.05, 4.69) is 57.7 Å². The summed E-state index contributed by atoms with van der Waals surface area (Å²) in [6, 6.07) is 7.01. The predicted octanol–water partition coefficient (Wildman–Crippen LogP) is 4.99. The van der Waals surface area contributed by atoms with E-state index in [0.29, 0.717) is 5.92 Å². The van der Waals surface area contributed by atoms with Gasteiger partial charge in [0.25, 0.3) is 0 Å². The topological polar surface area (TPSA) is 3.24 Å². The second-order valence-electron chi connectivity index (χ2n) is 7.20. The van der Waals surface area contributed by atoms with Gasteiger partial charge in [0.15, 0.2) is 0 Å². The van der Waals surface area contributed by atoms with Gasteiger partial charge in [0.05, 0.1) is 0 Å². The lowest BCUT2D eigenvalue weighted by molar-refractivity contribution is 0.151. The summed E-state index contributed by atoms with van der Waals surface area (Å²) in [4.78, 5) is 2.64. The lowest BCUT2D eigenvalue weighted by Crippen LogP contribution is -2.34. The van der Waals surface area contributed by atoms with Crippen molar-refractivity contribution in [3.8, 4) is 0 Å². The molecule has 2 rings (SSSR count). The normalized spacial score (nSPS) is 18.1. The van der Waals surface area contributed by atoms with Crippen molar-refractivity contribution in [1.82, 2.24) is 4.90 Å². The average molecular weight is 273 g/mol. The first-order valence-electron chi connectivity index (χ1n) is 8.29. The fourth-order valence-corrected chi connectivity index (χ4v) is 3.24. The number of hydrogen-bond acceptors (Lipinski definition) is 1. The van der Waals surface area contributed by atoms with Crippen molar-refractivity contribution in [1.29, 1.82) is 0 Å². The van der Waals surface area contributed by atoms with Gasteiger partial charge in [-0.2, -0.15) is 0 Å². The molecule has 1 heterocycles. The third-order valence-electron chi connectivity index (χ3n) is 5.01. The number of nitrogens with zero attached hydrogens (tertiary/aromatic N) is 1. The zero-order chi connectivity index (χ0) is 14.7. The summed E-state index contributed by atoms with van der Waals surface area (Å²) in [5, 5.41) is 0. The van der Waals surface area contributed by atoms with Gasteiger partial charge in [-0.25, -0.2) is 0 Å². The van der Waals surface area contributed by atoms with Gasteiger partial charge in [0.1, 0.15) is 0 Å². The van der Waals surface area contributed by atoms with Crippen LogP contribution in [0.15, 0.2) is 18.2 Å². The fraction of sp³-hybridized carbons (Fsp3) is 0.684. The first-order chi connectivity index (χ1) is 9.47. The van der Waals surface area contributed by atoms with Crippen LogP contribution in [0.1, 0.15) is 63.1 Å². The first-order valence-corrected chi connectivity index (χ1v) is 8.29. The van der Waals surface area contributed by atoms with Crippen molar-refractivity contribution < 1.29 is 0 Å². The predicted molar refractivity (Wildman–Crippen MR) is 88.1 cm³/mol. The Morgan fingerprint density at radius 1 is 1.10 bits per heavy atom. The van der Waals surface area contributed by atoms with Crippen LogP contribution in [0, 0.1) is 18.8 Å². The summed E-state index contributed by atoms with van der Waals surface area (Å²) in [6.07, 6.45) is 2.75. The molecule has 0 saturated carbocycles. The van der Waals surface area contributed by atoms with Crippen molar-refractivity contribution in [2.75, 3.05) is 13.1 Å². The molecule has 0 bridgehead atoms. The zero-order valence-electron chi connectivity index (χ0n) is 13.9. The fourth-order valence-electron chi connectivity index (χ4n) is 3.24. The van der Waals surface area contributed by atoms with Gasteiger partial charge in [-0.3, -0.25) is 4.90 Å². The molecule has 20 heavy (non-hydrogen) atoms. The van der Waals surface area contributed by atoms with Crippen LogP contribution >= 0.6 is 0 Å². The van der Waals surface area contributed by atoms with Gasteiger partial charge in [-0.15, -0.1) is 0 Å². The van der Waals surface area contributed by atoms with Gasteiger partial charge in [0, 0.05) is 6.54 Å². The van der Waals surface area contributed by atoms with E-state index in [9.17, 15) is 0 Å². The highest BCUT2D eigenvalue weighted by Crippen LogP contribution is 2.26. The molecule has 0 radical (unpaired) electrons. The molecule has 112 valence electrons. The molecule has 1 aromatic carbocycles. The third kappa shape index (κ3) is 3.85. The summed E-state index contributed by atoms with van der Waals surface area (Å²) in [5.41, 5.74) is 4.45. The summed E-state index contributed by atoms with van der Waals surface area (Å²) in [6.45, 7) is 15.2. The largest absolute Gasteiger partial charge is 0.299 e. The third-order valence-corrected chi connectivity index (χ3v) is 5.01. The van der Waals surface area contributed by atoms with E-state index in [1.807, 2.05) is 0 Å². The van der Waals surface area contributed by atoms with E-state index in [4.69, 9.17) is 0 Å². The Hall–Kier alpha value is -0.820. The molecule has 0 spiro atoms. The van der Waals surface area contributed by atoms with Gasteiger partial charge < -0.3 is 0 Å². The molecular formula is C19H31N. The van der Waals surface area contributed by atoms with Crippen LogP contribution in [0.4, 0.5) is 0 Å². The van der Waals surface area contributed by atoms with E-state index in [-0.39, 0.29) is 0 Å². The molecule has 1 aliphatic heterocycles. The van der Waals surface area contributed by atoms with Crippen LogP contribution in [-0.4, -0.2) is 18.0 Å². The monoisotopic (exact) mass is 273 g/mol. The van der Waals surface area contributed by atoms with Crippen molar-refractivity contribution in [3.05, 3.63) is 34.9 Å². The van der Waals surface area contributed by atoms with E-state index in [0.717, 1.165) is 18.4 Å². The highest BCUT2D eigenvalue weighted by molar-refractivity contribution is 5.32. The minimum atomic E-state index is 0.626. The van der Waals surface area contributed by atoms with Gasteiger partial charge >= 0.3 is 0 Å². The maximum absolute atomic E-state index is 2.64. The highest BCUT2D eigenvalue weighted by Gasteiger charge is 2.21. The number of aryl methyl sites for hydroxylation is 1. The Kier molecular flexibility index (Phi) is 5.26. The molecule has 0 amide bonds. The van der Waals surface area contributed by atoms with Crippen LogP contribution in [0.2, 0.25) is 0 Å². The Balaban J connectivity index is 1.99. The smallest absolute Gasteiger partial charge is 0.0236 e. The van der Waals surface area contributed by atoms with Crippen LogP contribution in [0.25, 0.3) is 0 Å². The lowest BCUT2D eigenvalue weighted by atomic mass is 9.86. The van der Waals surface area contributed by atoms with Gasteiger partial charge in [-0.1, -0.05) is 45.9 Å². The maximum Gasteiger partial charge on any atom is 0.0236 e. The Morgan fingerprint density at radius 3 is 2.30 bits per heavy atom.